The molecule has 1 atom stereocenters. The molecule has 0 bridgehead atoms. The van der Waals surface area contributed by atoms with Gasteiger partial charge in [0.1, 0.15) is 17.3 Å². The zero-order valence-corrected chi connectivity index (χ0v) is 16.4. The molecule has 1 fully saturated rings. The van der Waals surface area contributed by atoms with Gasteiger partial charge in [-0.3, -0.25) is 10.1 Å². The van der Waals surface area contributed by atoms with E-state index < -0.39 is 11.7 Å². The average Bonchev–Trinajstić information content (AvgIpc) is 3.25. The Labute approximate surface area is 168 Å². The van der Waals surface area contributed by atoms with E-state index in [0.717, 1.165) is 19.4 Å². The Balaban J connectivity index is 1.79. The van der Waals surface area contributed by atoms with Crippen LogP contribution in [0.2, 0.25) is 0 Å². The second-order valence-electron chi connectivity index (χ2n) is 6.51. The molecule has 1 saturated heterocycles. The molecule has 8 heteroatoms. The largest absolute Gasteiger partial charge is 0.497 e. The second-order valence-corrected chi connectivity index (χ2v) is 6.51. The van der Waals surface area contributed by atoms with E-state index >= 15 is 0 Å². The summed E-state index contributed by atoms with van der Waals surface area (Å²) in [7, 11) is 3.11. The molecule has 1 heterocycles. The van der Waals surface area contributed by atoms with Crippen LogP contribution in [0.5, 0.6) is 11.5 Å². The van der Waals surface area contributed by atoms with Gasteiger partial charge < -0.3 is 19.5 Å². The number of benzene rings is 2. The summed E-state index contributed by atoms with van der Waals surface area (Å²) in [5.41, 5.74) is 0.952. The Morgan fingerprint density at radius 3 is 2.45 bits per heavy atom. The van der Waals surface area contributed by atoms with Gasteiger partial charge in [0.2, 0.25) is 5.96 Å². The molecule has 0 radical (unpaired) electrons. The van der Waals surface area contributed by atoms with Crippen LogP contribution in [0.1, 0.15) is 23.2 Å². The van der Waals surface area contributed by atoms with Crippen molar-refractivity contribution in [3.8, 4) is 11.5 Å². The SMILES string of the molecule is COc1cc(NC(=NC[C@H]2CCCO2)NC(=O)c2ccc(F)cc2)cc(OC)c1. The number of amides is 1. The molecule has 7 nitrogen and oxygen atoms in total. The molecule has 0 aliphatic carbocycles. The average molecular weight is 401 g/mol. The van der Waals surface area contributed by atoms with Crippen LogP contribution in [0.15, 0.2) is 47.5 Å². The molecule has 3 rings (SSSR count). The number of hydrogen-bond acceptors (Lipinski definition) is 5. The van der Waals surface area contributed by atoms with Crippen LogP contribution >= 0.6 is 0 Å². The van der Waals surface area contributed by atoms with Crippen molar-refractivity contribution in [2.45, 2.75) is 18.9 Å². The van der Waals surface area contributed by atoms with Gasteiger partial charge in [0.15, 0.2) is 0 Å². The van der Waals surface area contributed by atoms with Crippen LogP contribution in [-0.4, -0.2) is 45.3 Å². The Morgan fingerprint density at radius 1 is 1.17 bits per heavy atom. The van der Waals surface area contributed by atoms with Gasteiger partial charge >= 0.3 is 0 Å². The minimum atomic E-state index is -0.407. The van der Waals surface area contributed by atoms with Crippen LogP contribution in [-0.2, 0) is 4.74 Å². The monoisotopic (exact) mass is 401 g/mol. The van der Waals surface area contributed by atoms with Crippen LogP contribution in [0.25, 0.3) is 0 Å². The smallest absolute Gasteiger partial charge is 0.257 e. The minimum absolute atomic E-state index is 0.0226. The second kappa shape index (κ2) is 9.88. The molecular formula is C21H24FN3O4. The van der Waals surface area contributed by atoms with E-state index in [9.17, 15) is 9.18 Å². The lowest BCUT2D eigenvalue weighted by molar-refractivity contribution is 0.0975. The molecule has 0 saturated carbocycles. The quantitative estimate of drug-likeness (QED) is 0.574. The van der Waals surface area contributed by atoms with Gasteiger partial charge in [0, 0.05) is 36.1 Å². The number of anilines is 1. The first-order valence-corrected chi connectivity index (χ1v) is 9.30. The number of rotatable bonds is 6. The van der Waals surface area contributed by atoms with E-state index in [4.69, 9.17) is 14.2 Å². The summed E-state index contributed by atoms with van der Waals surface area (Å²) in [5, 5.41) is 5.83. The molecule has 1 aliphatic rings. The Morgan fingerprint density at radius 2 is 1.86 bits per heavy atom. The first kappa shape index (κ1) is 20.6. The molecular weight excluding hydrogens is 377 g/mol. The van der Waals surface area contributed by atoms with Crippen LogP contribution in [0.4, 0.5) is 10.1 Å². The van der Waals surface area contributed by atoms with Crippen molar-refractivity contribution >= 4 is 17.6 Å². The number of methoxy groups -OCH3 is 2. The standard InChI is InChI=1S/C21H24FN3O4/c1-27-18-10-16(11-19(12-18)28-2)24-21(23-13-17-4-3-9-29-17)25-20(26)14-5-7-15(22)8-6-14/h5-8,10-12,17H,3-4,9,13H2,1-2H3,(H2,23,24,25,26)/t17-/m1/s1. The molecule has 0 aromatic heterocycles. The number of nitrogens with one attached hydrogen (secondary N) is 2. The van der Waals surface area contributed by atoms with Gasteiger partial charge in [-0.05, 0) is 37.1 Å². The molecule has 2 aromatic carbocycles. The van der Waals surface area contributed by atoms with Crippen LogP contribution in [0.3, 0.4) is 0 Å². The maximum absolute atomic E-state index is 13.1. The van der Waals surface area contributed by atoms with E-state index in [1.54, 1.807) is 32.4 Å². The molecule has 0 spiro atoms. The first-order chi connectivity index (χ1) is 14.1. The topological polar surface area (TPSA) is 81.2 Å². The molecule has 154 valence electrons. The van der Waals surface area contributed by atoms with Gasteiger partial charge in [-0.1, -0.05) is 0 Å². The zero-order valence-electron chi connectivity index (χ0n) is 16.4. The predicted octanol–water partition coefficient (Wildman–Crippen LogP) is 3.22. The zero-order chi connectivity index (χ0) is 20.6. The Kier molecular flexibility index (Phi) is 7.02. The van der Waals surface area contributed by atoms with Crippen molar-refractivity contribution in [3.05, 3.63) is 53.8 Å². The van der Waals surface area contributed by atoms with E-state index in [1.165, 1.54) is 24.3 Å². The fourth-order valence-corrected chi connectivity index (χ4v) is 2.89. The number of halogens is 1. The lowest BCUT2D eigenvalue weighted by Gasteiger charge is -2.15. The third-order valence-corrected chi connectivity index (χ3v) is 4.43. The minimum Gasteiger partial charge on any atom is -0.497 e. The van der Waals surface area contributed by atoms with Crippen molar-refractivity contribution in [2.75, 3.05) is 32.7 Å². The number of hydrogen-bond donors (Lipinski definition) is 2. The van der Waals surface area contributed by atoms with Crippen molar-refractivity contribution in [2.24, 2.45) is 4.99 Å². The van der Waals surface area contributed by atoms with E-state index in [2.05, 4.69) is 15.6 Å². The van der Waals surface area contributed by atoms with Gasteiger partial charge in [-0.25, -0.2) is 9.38 Å². The van der Waals surface area contributed by atoms with Gasteiger partial charge in [0.25, 0.3) is 5.91 Å². The van der Waals surface area contributed by atoms with E-state index in [1.807, 2.05) is 0 Å². The third kappa shape index (κ3) is 5.92. The van der Waals surface area contributed by atoms with E-state index in [-0.39, 0.29) is 12.1 Å². The highest BCUT2D eigenvalue weighted by molar-refractivity contribution is 6.10. The van der Waals surface area contributed by atoms with Crippen LogP contribution < -0.4 is 20.1 Å². The summed E-state index contributed by atoms with van der Waals surface area (Å²) in [6, 6.07) is 10.6. The maximum Gasteiger partial charge on any atom is 0.257 e. The number of guanidine groups is 1. The summed E-state index contributed by atoms with van der Waals surface area (Å²) in [6.07, 6.45) is 1.95. The fraction of sp³-hybridized carbons (Fsp3) is 0.333. The number of carbonyl (C=O) groups is 1. The number of ether oxygens (including phenoxy) is 3. The maximum atomic E-state index is 13.1. The number of carbonyl (C=O) groups excluding carboxylic acids is 1. The molecule has 29 heavy (non-hydrogen) atoms. The summed E-state index contributed by atoms with van der Waals surface area (Å²) >= 11 is 0. The Hall–Kier alpha value is -3.13. The summed E-state index contributed by atoms with van der Waals surface area (Å²) in [6.45, 7) is 1.13. The summed E-state index contributed by atoms with van der Waals surface area (Å²) in [4.78, 5) is 17.1. The number of nitrogens with zero attached hydrogens (tertiary/aromatic N) is 1. The van der Waals surface area contributed by atoms with Crippen LogP contribution in [0, 0.1) is 5.82 Å². The van der Waals surface area contributed by atoms with Crippen molar-refractivity contribution in [1.29, 1.82) is 0 Å². The van der Waals surface area contributed by atoms with Gasteiger partial charge in [0.05, 0.1) is 26.9 Å². The first-order valence-electron chi connectivity index (χ1n) is 9.30. The molecule has 2 aromatic rings. The number of aliphatic imine (C=N–C) groups is 1. The lowest BCUT2D eigenvalue weighted by Crippen LogP contribution is -2.36. The van der Waals surface area contributed by atoms with Gasteiger partial charge in [-0.2, -0.15) is 0 Å². The molecule has 0 unspecified atom stereocenters. The van der Waals surface area contributed by atoms with Crippen molar-refractivity contribution in [1.82, 2.24) is 5.32 Å². The highest BCUT2D eigenvalue weighted by atomic mass is 19.1. The predicted molar refractivity (Wildman–Crippen MR) is 108 cm³/mol. The van der Waals surface area contributed by atoms with Crippen molar-refractivity contribution < 1.29 is 23.4 Å². The lowest BCUT2D eigenvalue weighted by atomic mass is 10.2. The van der Waals surface area contributed by atoms with E-state index in [0.29, 0.717) is 29.3 Å². The highest BCUT2D eigenvalue weighted by Crippen LogP contribution is 2.25. The Bertz CT molecular complexity index is 842. The molecule has 1 amide bonds. The summed E-state index contributed by atoms with van der Waals surface area (Å²) < 4.78 is 29.3. The highest BCUT2D eigenvalue weighted by Gasteiger charge is 2.16. The normalized spacial score (nSPS) is 16.4. The fourth-order valence-electron chi connectivity index (χ4n) is 2.89. The van der Waals surface area contributed by atoms with Gasteiger partial charge in [-0.15, -0.1) is 0 Å². The molecule has 2 N–H and O–H groups in total. The third-order valence-electron chi connectivity index (χ3n) is 4.43. The van der Waals surface area contributed by atoms with Crippen molar-refractivity contribution in [3.63, 3.8) is 0 Å². The summed E-state index contributed by atoms with van der Waals surface area (Å²) in [5.74, 6) is 0.629. The molecule has 1 aliphatic heterocycles.